The average Bonchev–Trinajstić information content (AvgIpc) is 3.10. The van der Waals surface area contributed by atoms with Crippen LogP contribution >= 0.6 is 23.1 Å². The highest BCUT2D eigenvalue weighted by atomic mass is 32.2. The van der Waals surface area contributed by atoms with Crippen LogP contribution in [0.3, 0.4) is 0 Å². The van der Waals surface area contributed by atoms with Crippen LogP contribution < -0.4 is 10.1 Å². The van der Waals surface area contributed by atoms with Crippen molar-refractivity contribution in [1.29, 1.82) is 0 Å². The summed E-state index contributed by atoms with van der Waals surface area (Å²) in [6.07, 6.45) is 0. The van der Waals surface area contributed by atoms with Crippen LogP contribution in [0.1, 0.15) is 21.5 Å². The van der Waals surface area contributed by atoms with E-state index in [2.05, 4.69) is 27.2 Å². The second kappa shape index (κ2) is 9.11. The minimum absolute atomic E-state index is 0.0189. The predicted octanol–water partition coefficient (Wildman–Crippen LogP) is 5.47. The predicted molar refractivity (Wildman–Crippen MR) is 107 cm³/mol. The van der Waals surface area contributed by atoms with Gasteiger partial charge in [-0.3, -0.25) is 4.79 Å². The molecule has 28 heavy (non-hydrogen) atoms. The maximum atomic E-state index is 12.2. The van der Waals surface area contributed by atoms with E-state index in [1.54, 1.807) is 0 Å². The molecule has 0 bridgehead atoms. The number of ether oxygens (including phenoxy) is 1. The van der Waals surface area contributed by atoms with Crippen molar-refractivity contribution in [2.75, 3.05) is 11.1 Å². The molecule has 2 aromatic carbocycles. The zero-order chi connectivity index (χ0) is 20.1. The first-order chi connectivity index (χ1) is 13.4. The first-order valence-electron chi connectivity index (χ1n) is 8.29. The normalized spacial score (nSPS) is 10.9. The number of halogens is 2. The van der Waals surface area contributed by atoms with E-state index in [4.69, 9.17) is 0 Å². The summed E-state index contributed by atoms with van der Waals surface area (Å²) in [5.41, 5.74) is 3.75. The van der Waals surface area contributed by atoms with Crippen LogP contribution in [-0.2, 0) is 0 Å². The number of Topliss-reactive ketones (excluding diaryl/α,β-unsaturated/α-hetero) is 1. The molecule has 0 fully saturated rings. The number of hydrogen-bond donors (Lipinski definition) is 1. The maximum absolute atomic E-state index is 12.2. The molecule has 0 aliphatic carbocycles. The van der Waals surface area contributed by atoms with Crippen molar-refractivity contribution in [3.05, 3.63) is 59.2 Å². The molecule has 0 spiro atoms. The highest BCUT2D eigenvalue weighted by Crippen LogP contribution is 2.29. The molecule has 5 nitrogen and oxygen atoms in total. The van der Waals surface area contributed by atoms with E-state index in [0.717, 1.165) is 5.69 Å². The smallest absolute Gasteiger partial charge is 0.387 e. The Morgan fingerprint density at radius 1 is 1.14 bits per heavy atom. The van der Waals surface area contributed by atoms with Gasteiger partial charge in [-0.15, -0.1) is 10.2 Å². The van der Waals surface area contributed by atoms with Gasteiger partial charge in [-0.05, 0) is 61.4 Å². The molecule has 0 saturated heterocycles. The number of benzene rings is 2. The largest absolute Gasteiger partial charge is 0.435 e. The highest BCUT2D eigenvalue weighted by molar-refractivity contribution is 8.01. The Labute approximate surface area is 169 Å². The minimum Gasteiger partial charge on any atom is -0.435 e. The zero-order valence-electron chi connectivity index (χ0n) is 15.1. The molecular weight excluding hydrogens is 404 g/mol. The van der Waals surface area contributed by atoms with Gasteiger partial charge in [0.25, 0.3) is 0 Å². The third-order valence-corrected chi connectivity index (χ3v) is 5.86. The Kier molecular flexibility index (Phi) is 6.58. The average molecular weight is 421 g/mol. The fourth-order valence-corrected chi connectivity index (χ4v) is 3.96. The van der Waals surface area contributed by atoms with Crippen LogP contribution in [-0.4, -0.2) is 28.3 Å². The van der Waals surface area contributed by atoms with Crippen molar-refractivity contribution in [3.8, 4) is 5.75 Å². The number of nitrogens with zero attached hydrogens (tertiary/aromatic N) is 2. The molecule has 0 unspecified atom stereocenters. The SMILES string of the molecule is Cc1ccc(Nc2nnc(SCC(=O)c3ccc(OC(F)F)cc3)s2)cc1C. The molecule has 3 rings (SSSR count). The monoisotopic (exact) mass is 421 g/mol. The minimum atomic E-state index is -2.89. The number of ketones is 1. The lowest BCUT2D eigenvalue weighted by Gasteiger charge is -2.05. The summed E-state index contributed by atoms with van der Waals surface area (Å²) in [6.45, 7) is 1.20. The van der Waals surface area contributed by atoms with Crippen molar-refractivity contribution >= 4 is 39.7 Å². The van der Waals surface area contributed by atoms with Gasteiger partial charge in [0.15, 0.2) is 10.1 Å². The van der Waals surface area contributed by atoms with Gasteiger partial charge in [0, 0.05) is 11.3 Å². The molecule has 0 radical (unpaired) electrons. The molecule has 9 heteroatoms. The molecular formula is C19H17F2N3O2S2. The molecule has 0 saturated carbocycles. The van der Waals surface area contributed by atoms with Crippen LogP contribution in [0.5, 0.6) is 5.75 Å². The maximum Gasteiger partial charge on any atom is 0.387 e. The third kappa shape index (κ3) is 5.49. The zero-order valence-corrected chi connectivity index (χ0v) is 16.7. The Morgan fingerprint density at radius 2 is 1.89 bits per heavy atom. The van der Waals surface area contributed by atoms with Crippen molar-refractivity contribution in [1.82, 2.24) is 10.2 Å². The van der Waals surface area contributed by atoms with E-state index < -0.39 is 6.61 Å². The first kappa shape index (κ1) is 20.2. The van der Waals surface area contributed by atoms with Crippen molar-refractivity contribution in [2.24, 2.45) is 0 Å². The van der Waals surface area contributed by atoms with Gasteiger partial charge in [0.1, 0.15) is 5.75 Å². The fraction of sp³-hybridized carbons (Fsp3) is 0.211. The number of nitrogens with one attached hydrogen (secondary N) is 1. The Bertz CT molecular complexity index is 962. The summed E-state index contributed by atoms with van der Waals surface area (Å²) in [5, 5.41) is 12.0. The van der Waals surface area contributed by atoms with Gasteiger partial charge < -0.3 is 10.1 Å². The van der Waals surface area contributed by atoms with Crippen LogP contribution in [0.2, 0.25) is 0 Å². The molecule has 1 heterocycles. The van der Waals surface area contributed by atoms with Crippen LogP contribution in [0.4, 0.5) is 19.6 Å². The van der Waals surface area contributed by atoms with Crippen molar-refractivity contribution in [2.45, 2.75) is 24.8 Å². The summed E-state index contributed by atoms with van der Waals surface area (Å²) in [6, 6.07) is 11.7. The number of alkyl halides is 2. The quantitative estimate of drug-likeness (QED) is 0.384. The van der Waals surface area contributed by atoms with E-state index >= 15 is 0 Å². The second-order valence-corrected chi connectivity index (χ2v) is 8.11. The summed E-state index contributed by atoms with van der Waals surface area (Å²) < 4.78 is 29.2. The number of carbonyl (C=O) groups is 1. The van der Waals surface area contributed by atoms with E-state index in [1.165, 1.54) is 58.5 Å². The van der Waals surface area contributed by atoms with Crippen LogP contribution in [0.25, 0.3) is 0 Å². The van der Waals surface area contributed by atoms with E-state index in [1.807, 2.05) is 25.1 Å². The molecule has 3 aromatic rings. The highest BCUT2D eigenvalue weighted by Gasteiger charge is 2.11. The van der Waals surface area contributed by atoms with Crippen molar-refractivity contribution < 1.29 is 18.3 Å². The van der Waals surface area contributed by atoms with E-state index in [0.29, 0.717) is 15.0 Å². The number of anilines is 2. The van der Waals surface area contributed by atoms with E-state index in [-0.39, 0.29) is 17.3 Å². The number of carbonyl (C=O) groups excluding carboxylic acids is 1. The Morgan fingerprint density at radius 3 is 2.57 bits per heavy atom. The summed E-state index contributed by atoms with van der Waals surface area (Å²) in [7, 11) is 0. The van der Waals surface area contributed by atoms with E-state index in [9.17, 15) is 13.6 Å². The summed E-state index contributed by atoms with van der Waals surface area (Å²) in [5.74, 6) is 0.0608. The molecule has 1 N–H and O–H groups in total. The molecule has 0 aliphatic rings. The Hall–Kier alpha value is -2.52. The topological polar surface area (TPSA) is 64.1 Å². The standard InChI is InChI=1S/C19H17F2N3O2S2/c1-11-3-6-14(9-12(11)2)22-18-23-24-19(28-18)27-10-16(25)13-4-7-15(8-5-13)26-17(20)21/h3-9,17H,10H2,1-2H3,(H,22,23). The van der Waals surface area contributed by atoms with Gasteiger partial charge in [0.05, 0.1) is 5.75 Å². The fourth-order valence-electron chi connectivity index (χ4n) is 2.29. The molecule has 1 aromatic heterocycles. The summed E-state index contributed by atoms with van der Waals surface area (Å²) in [4.78, 5) is 12.2. The van der Waals surface area contributed by atoms with Gasteiger partial charge in [-0.1, -0.05) is 29.2 Å². The number of thioether (sulfide) groups is 1. The molecule has 0 aliphatic heterocycles. The third-order valence-electron chi connectivity index (χ3n) is 3.89. The van der Waals surface area contributed by atoms with Gasteiger partial charge in [-0.25, -0.2) is 0 Å². The number of aryl methyl sites for hydroxylation is 2. The lowest BCUT2D eigenvalue weighted by Crippen LogP contribution is -2.04. The van der Waals surface area contributed by atoms with Crippen LogP contribution in [0.15, 0.2) is 46.8 Å². The van der Waals surface area contributed by atoms with Crippen molar-refractivity contribution in [3.63, 3.8) is 0 Å². The van der Waals surface area contributed by atoms with Crippen LogP contribution in [0, 0.1) is 13.8 Å². The number of aromatic nitrogens is 2. The van der Waals surface area contributed by atoms with Gasteiger partial charge in [-0.2, -0.15) is 8.78 Å². The molecule has 146 valence electrons. The first-order valence-corrected chi connectivity index (χ1v) is 10.1. The Balaban J connectivity index is 1.55. The molecule has 0 atom stereocenters. The number of hydrogen-bond acceptors (Lipinski definition) is 7. The summed E-state index contributed by atoms with van der Waals surface area (Å²) >= 11 is 2.64. The molecule has 0 amide bonds. The lowest BCUT2D eigenvalue weighted by atomic mass is 10.1. The van der Waals surface area contributed by atoms with Gasteiger partial charge >= 0.3 is 6.61 Å². The lowest BCUT2D eigenvalue weighted by molar-refractivity contribution is -0.0498. The second-order valence-electron chi connectivity index (χ2n) is 5.91. The number of rotatable bonds is 8. The van der Waals surface area contributed by atoms with Gasteiger partial charge in [0.2, 0.25) is 5.13 Å².